The summed E-state index contributed by atoms with van der Waals surface area (Å²) in [4.78, 5) is 23.6. The van der Waals surface area contributed by atoms with Gasteiger partial charge < -0.3 is 10.4 Å². The highest BCUT2D eigenvalue weighted by Crippen LogP contribution is 2.36. The molecule has 1 saturated carbocycles. The average Bonchev–Trinajstić information content (AvgIpc) is 2.54. The number of benzene rings is 1. The zero-order valence-electron chi connectivity index (χ0n) is 13.2. The highest BCUT2D eigenvalue weighted by Gasteiger charge is 2.39. The molecule has 2 N–H and O–H groups in total. The Balaban J connectivity index is 1.89. The van der Waals surface area contributed by atoms with Crippen molar-refractivity contribution in [2.45, 2.75) is 51.9 Å². The first kappa shape index (κ1) is 16.5. The molecule has 0 unspecified atom stereocenters. The molecule has 0 aliphatic heterocycles. The summed E-state index contributed by atoms with van der Waals surface area (Å²) in [6.07, 6.45) is 5.56. The zero-order valence-corrected chi connectivity index (χ0v) is 13.2. The fourth-order valence-corrected chi connectivity index (χ4v) is 3.10. The van der Waals surface area contributed by atoms with Gasteiger partial charge in [0.15, 0.2) is 0 Å². The standard InChI is InChI=1S/C18H25NO3/c1-2-14-6-8-15(9-7-14)12-16(20)19-13-18(17(21)22)10-4-3-5-11-18/h6-9H,2-5,10-13H2,1H3,(H,19,20)(H,21,22). The van der Waals surface area contributed by atoms with Gasteiger partial charge in [0, 0.05) is 6.54 Å². The number of carbonyl (C=O) groups excluding carboxylic acids is 1. The van der Waals surface area contributed by atoms with Crippen LogP contribution in [0.3, 0.4) is 0 Å². The lowest BCUT2D eigenvalue weighted by molar-refractivity contribution is -0.151. The molecule has 1 aliphatic carbocycles. The number of rotatable bonds is 6. The maximum Gasteiger partial charge on any atom is 0.311 e. The van der Waals surface area contributed by atoms with Crippen molar-refractivity contribution in [3.8, 4) is 0 Å². The van der Waals surface area contributed by atoms with Crippen LogP contribution in [0.25, 0.3) is 0 Å². The number of hydrogen-bond donors (Lipinski definition) is 2. The van der Waals surface area contributed by atoms with E-state index in [0.717, 1.165) is 31.2 Å². The number of carboxylic acid groups (broad SMARTS) is 1. The van der Waals surface area contributed by atoms with Gasteiger partial charge in [-0.25, -0.2) is 0 Å². The van der Waals surface area contributed by atoms with E-state index in [1.54, 1.807) is 0 Å². The van der Waals surface area contributed by atoms with Crippen molar-refractivity contribution in [1.82, 2.24) is 5.32 Å². The molecule has 0 spiro atoms. The van der Waals surface area contributed by atoms with Crippen LogP contribution in [0.1, 0.15) is 50.2 Å². The fourth-order valence-electron chi connectivity index (χ4n) is 3.10. The third-order valence-electron chi connectivity index (χ3n) is 4.68. The number of carbonyl (C=O) groups is 2. The molecule has 2 rings (SSSR count). The molecular weight excluding hydrogens is 278 g/mol. The molecule has 0 radical (unpaired) electrons. The van der Waals surface area contributed by atoms with Crippen LogP contribution in [-0.2, 0) is 22.4 Å². The molecule has 1 aromatic rings. The Morgan fingerprint density at radius 3 is 2.23 bits per heavy atom. The quantitative estimate of drug-likeness (QED) is 0.849. The Morgan fingerprint density at radius 2 is 1.68 bits per heavy atom. The molecule has 0 saturated heterocycles. The van der Waals surface area contributed by atoms with Crippen molar-refractivity contribution in [1.29, 1.82) is 0 Å². The molecule has 4 nitrogen and oxygen atoms in total. The molecule has 1 amide bonds. The van der Waals surface area contributed by atoms with Crippen LogP contribution in [0.5, 0.6) is 0 Å². The van der Waals surface area contributed by atoms with Crippen LogP contribution in [0.2, 0.25) is 0 Å². The summed E-state index contributed by atoms with van der Waals surface area (Å²) >= 11 is 0. The first-order valence-electron chi connectivity index (χ1n) is 8.14. The van der Waals surface area contributed by atoms with E-state index in [1.807, 2.05) is 24.3 Å². The van der Waals surface area contributed by atoms with Crippen LogP contribution in [0, 0.1) is 5.41 Å². The summed E-state index contributed by atoms with van der Waals surface area (Å²) in [6.45, 7) is 2.34. The van der Waals surface area contributed by atoms with Gasteiger partial charge in [-0.05, 0) is 30.4 Å². The molecule has 0 aromatic heterocycles. The van der Waals surface area contributed by atoms with Crippen LogP contribution < -0.4 is 5.32 Å². The summed E-state index contributed by atoms with van der Waals surface area (Å²) < 4.78 is 0. The van der Waals surface area contributed by atoms with Gasteiger partial charge in [0.1, 0.15) is 0 Å². The van der Waals surface area contributed by atoms with Gasteiger partial charge in [0.25, 0.3) is 0 Å². The number of aliphatic carboxylic acids is 1. The number of aryl methyl sites for hydroxylation is 1. The topological polar surface area (TPSA) is 66.4 Å². The Morgan fingerprint density at radius 1 is 1.09 bits per heavy atom. The van der Waals surface area contributed by atoms with Gasteiger partial charge in [-0.2, -0.15) is 0 Å². The minimum absolute atomic E-state index is 0.101. The van der Waals surface area contributed by atoms with Gasteiger partial charge in [0.05, 0.1) is 11.8 Å². The van der Waals surface area contributed by atoms with E-state index in [0.29, 0.717) is 19.3 Å². The van der Waals surface area contributed by atoms with Crippen molar-refractivity contribution in [3.63, 3.8) is 0 Å². The lowest BCUT2D eigenvalue weighted by Gasteiger charge is -2.33. The molecule has 0 atom stereocenters. The lowest BCUT2D eigenvalue weighted by Crippen LogP contribution is -2.44. The van der Waals surface area contributed by atoms with Crippen LogP contribution in [0.4, 0.5) is 0 Å². The summed E-state index contributed by atoms with van der Waals surface area (Å²) in [5.41, 5.74) is 1.44. The van der Waals surface area contributed by atoms with Crippen molar-refractivity contribution in [2.75, 3.05) is 6.54 Å². The summed E-state index contributed by atoms with van der Waals surface area (Å²) in [7, 11) is 0. The highest BCUT2D eigenvalue weighted by molar-refractivity contribution is 5.80. The van der Waals surface area contributed by atoms with Gasteiger partial charge >= 0.3 is 5.97 Å². The number of amides is 1. The van der Waals surface area contributed by atoms with Crippen molar-refractivity contribution in [3.05, 3.63) is 35.4 Å². The van der Waals surface area contributed by atoms with Crippen molar-refractivity contribution >= 4 is 11.9 Å². The number of hydrogen-bond acceptors (Lipinski definition) is 2. The molecule has 0 bridgehead atoms. The third-order valence-corrected chi connectivity index (χ3v) is 4.68. The maximum absolute atomic E-state index is 12.1. The largest absolute Gasteiger partial charge is 0.481 e. The normalized spacial score (nSPS) is 17.0. The summed E-state index contributed by atoms with van der Waals surface area (Å²) in [5, 5.41) is 12.3. The molecule has 1 aliphatic rings. The molecule has 1 aromatic carbocycles. The zero-order chi connectivity index (χ0) is 16.0. The van der Waals surface area contributed by atoms with Crippen LogP contribution in [0.15, 0.2) is 24.3 Å². The van der Waals surface area contributed by atoms with Gasteiger partial charge in [0.2, 0.25) is 5.91 Å². The predicted octanol–water partition coefficient (Wildman–Crippen LogP) is 2.94. The Hall–Kier alpha value is -1.84. The van der Waals surface area contributed by atoms with Crippen LogP contribution >= 0.6 is 0 Å². The molecule has 22 heavy (non-hydrogen) atoms. The summed E-state index contributed by atoms with van der Waals surface area (Å²) in [5.74, 6) is -0.879. The Bertz CT molecular complexity index is 516. The fraction of sp³-hybridized carbons (Fsp3) is 0.556. The smallest absolute Gasteiger partial charge is 0.311 e. The number of carboxylic acids is 1. The SMILES string of the molecule is CCc1ccc(CC(=O)NCC2(C(=O)O)CCCCC2)cc1. The van der Waals surface area contributed by atoms with Crippen molar-refractivity contribution in [2.24, 2.45) is 5.41 Å². The second-order valence-electron chi connectivity index (χ2n) is 6.27. The average molecular weight is 303 g/mol. The number of nitrogens with one attached hydrogen (secondary N) is 1. The van der Waals surface area contributed by atoms with E-state index in [9.17, 15) is 14.7 Å². The van der Waals surface area contributed by atoms with E-state index in [4.69, 9.17) is 0 Å². The predicted molar refractivity (Wildman–Crippen MR) is 85.7 cm³/mol. The minimum Gasteiger partial charge on any atom is -0.481 e. The Kier molecular flexibility index (Phi) is 5.58. The summed E-state index contributed by atoms with van der Waals surface area (Å²) in [6, 6.07) is 7.99. The van der Waals surface area contributed by atoms with Gasteiger partial charge in [-0.1, -0.05) is 50.5 Å². The maximum atomic E-state index is 12.1. The first-order chi connectivity index (χ1) is 10.6. The van der Waals surface area contributed by atoms with E-state index < -0.39 is 11.4 Å². The van der Waals surface area contributed by atoms with E-state index in [1.165, 1.54) is 5.56 Å². The van der Waals surface area contributed by atoms with Gasteiger partial charge in [-0.15, -0.1) is 0 Å². The van der Waals surface area contributed by atoms with Gasteiger partial charge in [-0.3, -0.25) is 9.59 Å². The molecule has 4 heteroatoms. The van der Waals surface area contributed by atoms with E-state index >= 15 is 0 Å². The lowest BCUT2D eigenvalue weighted by atomic mass is 9.74. The first-order valence-corrected chi connectivity index (χ1v) is 8.14. The monoisotopic (exact) mass is 303 g/mol. The van der Waals surface area contributed by atoms with E-state index in [-0.39, 0.29) is 12.5 Å². The molecular formula is C18H25NO3. The van der Waals surface area contributed by atoms with E-state index in [2.05, 4.69) is 12.2 Å². The minimum atomic E-state index is -0.778. The van der Waals surface area contributed by atoms with Crippen molar-refractivity contribution < 1.29 is 14.7 Å². The second-order valence-corrected chi connectivity index (χ2v) is 6.27. The Labute approximate surface area is 131 Å². The molecule has 0 heterocycles. The highest BCUT2D eigenvalue weighted by atomic mass is 16.4. The van der Waals surface area contributed by atoms with Crippen LogP contribution in [-0.4, -0.2) is 23.5 Å². The second kappa shape index (κ2) is 7.43. The molecule has 120 valence electrons. The third kappa shape index (κ3) is 4.09. The molecule has 1 fully saturated rings.